The highest BCUT2D eigenvalue weighted by Gasteiger charge is 2.21. The number of amides is 1. The summed E-state index contributed by atoms with van der Waals surface area (Å²) in [6.07, 6.45) is 2.97. The molecular formula is C11H20N2O2. The van der Waals surface area contributed by atoms with Crippen molar-refractivity contribution >= 4 is 5.91 Å². The molecule has 0 aromatic carbocycles. The average molecular weight is 212 g/mol. The molecular weight excluding hydrogens is 192 g/mol. The minimum atomic E-state index is -0.222. The molecule has 1 aliphatic rings. The van der Waals surface area contributed by atoms with E-state index in [1.807, 2.05) is 16.8 Å². The molecule has 1 fully saturated rings. The van der Waals surface area contributed by atoms with Crippen molar-refractivity contribution in [2.75, 3.05) is 33.2 Å². The first-order valence-corrected chi connectivity index (χ1v) is 5.38. The lowest BCUT2D eigenvalue weighted by Crippen LogP contribution is -2.44. The lowest BCUT2D eigenvalue weighted by molar-refractivity contribution is -0.133. The van der Waals surface area contributed by atoms with Gasteiger partial charge in [-0.1, -0.05) is 6.08 Å². The van der Waals surface area contributed by atoms with Gasteiger partial charge in [0.15, 0.2) is 0 Å². The van der Waals surface area contributed by atoms with E-state index in [2.05, 4.69) is 6.58 Å². The zero-order valence-corrected chi connectivity index (χ0v) is 9.35. The molecule has 0 radical (unpaired) electrons. The van der Waals surface area contributed by atoms with Crippen LogP contribution in [0.3, 0.4) is 0 Å². The number of rotatable bonds is 4. The maximum absolute atomic E-state index is 11.8. The van der Waals surface area contributed by atoms with E-state index in [-0.39, 0.29) is 12.0 Å². The van der Waals surface area contributed by atoms with Crippen LogP contribution >= 0.6 is 0 Å². The summed E-state index contributed by atoms with van der Waals surface area (Å²) in [4.78, 5) is 15.5. The molecule has 0 unspecified atom stereocenters. The Balaban J connectivity index is 2.30. The van der Waals surface area contributed by atoms with Gasteiger partial charge in [0.05, 0.1) is 12.6 Å². The highest BCUT2D eigenvalue weighted by atomic mass is 16.3. The van der Waals surface area contributed by atoms with Crippen LogP contribution in [-0.4, -0.2) is 60.1 Å². The summed E-state index contributed by atoms with van der Waals surface area (Å²) in [7, 11) is 1.90. The molecule has 1 aliphatic heterocycles. The zero-order valence-electron chi connectivity index (χ0n) is 9.35. The summed E-state index contributed by atoms with van der Waals surface area (Å²) in [5, 5.41) is 9.31. The van der Waals surface area contributed by atoms with Crippen molar-refractivity contribution in [2.45, 2.75) is 18.9 Å². The number of likely N-dealkylation sites (N-methyl/N-ethyl adjacent to an activating group) is 1. The fourth-order valence-electron chi connectivity index (χ4n) is 1.73. The van der Waals surface area contributed by atoms with Crippen LogP contribution in [0.4, 0.5) is 0 Å². The molecule has 1 heterocycles. The SMILES string of the molecule is C=CCN(C)CC(=O)N1CCC(O)CC1. The van der Waals surface area contributed by atoms with Gasteiger partial charge in [-0.05, 0) is 19.9 Å². The smallest absolute Gasteiger partial charge is 0.236 e. The van der Waals surface area contributed by atoms with Gasteiger partial charge in [-0.3, -0.25) is 9.69 Å². The van der Waals surface area contributed by atoms with Gasteiger partial charge in [0.25, 0.3) is 0 Å². The van der Waals surface area contributed by atoms with Gasteiger partial charge in [-0.15, -0.1) is 6.58 Å². The van der Waals surface area contributed by atoms with E-state index in [9.17, 15) is 9.90 Å². The van der Waals surface area contributed by atoms with E-state index < -0.39 is 0 Å². The van der Waals surface area contributed by atoms with Crippen molar-refractivity contribution < 1.29 is 9.90 Å². The summed E-state index contributed by atoms with van der Waals surface area (Å²) in [6, 6.07) is 0. The molecule has 4 nitrogen and oxygen atoms in total. The Labute approximate surface area is 91.2 Å². The third-order valence-corrected chi connectivity index (χ3v) is 2.66. The van der Waals surface area contributed by atoms with Gasteiger partial charge < -0.3 is 10.0 Å². The zero-order chi connectivity index (χ0) is 11.3. The van der Waals surface area contributed by atoms with Crippen molar-refractivity contribution in [3.8, 4) is 0 Å². The summed E-state index contributed by atoms with van der Waals surface area (Å²) >= 11 is 0. The molecule has 0 atom stereocenters. The molecule has 15 heavy (non-hydrogen) atoms. The molecule has 0 spiro atoms. The number of piperidine rings is 1. The first kappa shape index (κ1) is 12.2. The number of aliphatic hydroxyl groups excluding tert-OH is 1. The van der Waals surface area contributed by atoms with E-state index in [1.54, 1.807) is 6.08 Å². The van der Waals surface area contributed by atoms with Crippen molar-refractivity contribution in [1.82, 2.24) is 9.80 Å². The summed E-state index contributed by atoms with van der Waals surface area (Å²) in [5.74, 6) is 0.145. The quantitative estimate of drug-likeness (QED) is 0.672. The van der Waals surface area contributed by atoms with Crippen LogP contribution in [0.25, 0.3) is 0 Å². The summed E-state index contributed by atoms with van der Waals surface area (Å²) in [6.45, 7) is 6.15. The highest BCUT2D eigenvalue weighted by Crippen LogP contribution is 2.09. The molecule has 0 bridgehead atoms. The monoisotopic (exact) mass is 212 g/mol. The van der Waals surface area contributed by atoms with Crippen molar-refractivity contribution in [3.05, 3.63) is 12.7 Å². The molecule has 4 heteroatoms. The number of hydrogen-bond acceptors (Lipinski definition) is 3. The Morgan fingerprint density at radius 2 is 2.20 bits per heavy atom. The Bertz CT molecular complexity index is 223. The van der Waals surface area contributed by atoms with Gasteiger partial charge >= 0.3 is 0 Å². The van der Waals surface area contributed by atoms with E-state index in [1.165, 1.54) is 0 Å². The fraction of sp³-hybridized carbons (Fsp3) is 0.727. The Morgan fingerprint density at radius 3 is 2.73 bits per heavy atom. The molecule has 0 aliphatic carbocycles. The molecule has 0 aromatic heterocycles. The lowest BCUT2D eigenvalue weighted by atomic mass is 10.1. The van der Waals surface area contributed by atoms with Crippen LogP contribution in [0.1, 0.15) is 12.8 Å². The molecule has 86 valence electrons. The highest BCUT2D eigenvalue weighted by molar-refractivity contribution is 5.78. The third-order valence-electron chi connectivity index (χ3n) is 2.66. The second-order valence-electron chi connectivity index (χ2n) is 4.10. The number of nitrogens with zero attached hydrogens (tertiary/aromatic N) is 2. The number of hydrogen-bond donors (Lipinski definition) is 1. The van der Waals surface area contributed by atoms with Crippen molar-refractivity contribution in [3.63, 3.8) is 0 Å². The lowest BCUT2D eigenvalue weighted by Gasteiger charge is -2.30. The molecule has 1 saturated heterocycles. The predicted octanol–water partition coefficient (Wildman–Crippen LogP) is 0.0875. The molecule has 0 saturated carbocycles. The molecule has 1 N–H and O–H groups in total. The molecule has 1 rings (SSSR count). The van der Waals surface area contributed by atoms with Crippen molar-refractivity contribution in [2.24, 2.45) is 0 Å². The second kappa shape index (κ2) is 5.88. The number of carbonyl (C=O) groups is 1. The number of likely N-dealkylation sites (tertiary alicyclic amines) is 1. The van der Waals surface area contributed by atoms with E-state index in [0.29, 0.717) is 32.5 Å². The average Bonchev–Trinajstić information content (AvgIpc) is 2.18. The maximum Gasteiger partial charge on any atom is 0.236 e. The summed E-state index contributed by atoms with van der Waals surface area (Å²) in [5.41, 5.74) is 0. The van der Waals surface area contributed by atoms with Gasteiger partial charge in [0, 0.05) is 19.6 Å². The Morgan fingerprint density at radius 1 is 1.60 bits per heavy atom. The second-order valence-corrected chi connectivity index (χ2v) is 4.10. The van der Waals surface area contributed by atoms with Crippen LogP contribution in [-0.2, 0) is 4.79 Å². The summed E-state index contributed by atoms with van der Waals surface area (Å²) < 4.78 is 0. The van der Waals surface area contributed by atoms with Crippen LogP contribution in [0.5, 0.6) is 0 Å². The maximum atomic E-state index is 11.8. The fourth-order valence-corrected chi connectivity index (χ4v) is 1.73. The largest absolute Gasteiger partial charge is 0.393 e. The standard InChI is InChI=1S/C11H20N2O2/c1-3-6-12(2)9-11(15)13-7-4-10(14)5-8-13/h3,10,14H,1,4-9H2,2H3. The first-order valence-electron chi connectivity index (χ1n) is 5.38. The minimum absolute atomic E-state index is 0.145. The first-order chi connectivity index (χ1) is 7.13. The molecule has 0 aromatic rings. The normalized spacial score (nSPS) is 18.2. The number of carbonyl (C=O) groups excluding carboxylic acids is 1. The van der Waals surface area contributed by atoms with Gasteiger partial charge in [0.1, 0.15) is 0 Å². The molecule has 1 amide bonds. The van der Waals surface area contributed by atoms with Gasteiger partial charge in [-0.2, -0.15) is 0 Å². The van der Waals surface area contributed by atoms with E-state index >= 15 is 0 Å². The van der Waals surface area contributed by atoms with Crippen LogP contribution in [0, 0.1) is 0 Å². The van der Waals surface area contributed by atoms with Gasteiger partial charge in [0.2, 0.25) is 5.91 Å². The van der Waals surface area contributed by atoms with Crippen LogP contribution in [0.15, 0.2) is 12.7 Å². The topological polar surface area (TPSA) is 43.8 Å². The predicted molar refractivity (Wildman–Crippen MR) is 59.5 cm³/mol. The van der Waals surface area contributed by atoms with Gasteiger partial charge in [-0.25, -0.2) is 0 Å². The number of aliphatic hydroxyl groups is 1. The Hall–Kier alpha value is -0.870. The van der Waals surface area contributed by atoms with Crippen LogP contribution in [0.2, 0.25) is 0 Å². The van der Waals surface area contributed by atoms with E-state index in [0.717, 1.165) is 6.54 Å². The third kappa shape index (κ3) is 4.01. The minimum Gasteiger partial charge on any atom is -0.393 e. The van der Waals surface area contributed by atoms with E-state index in [4.69, 9.17) is 0 Å². The van der Waals surface area contributed by atoms with Crippen molar-refractivity contribution in [1.29, 1.82) is 0 Å². The van der Waals surface area contributed by atoms with Crippen LogP contribution < -0.4 is 0 Å². The Kier molecular flexibility index (Phi) is 4.78.